The lowest BCUT2D eigenvalue weighted by atomic mass is 9.76. The maximum Gasteiger partial charge on any atom is 0.331 e. The van der Waals surface area contributed by atoms with Crippen LogP contribution in [-0.2, 0) is 46.6 Å². The number of rotatable bonds is 18. The normalized spacial score (nSPS) is 13.3. The number of aromatic nitrogens is 1. The Morgan fingerprint density at radius 2 is 1.05 bits per heavy atom. The molecule has 15 nitrogen and oxygen atoms in total. The Kier molecular flexibility index (Phi) is 36.0. The maximum absolute atomic E-state index is 13.3. The molecule has 77 heavy (non-hydrogen) atoms. The molecular formula is C62H105N7O8. The van der Waals surface area contributed by atoms with Crippen LogP contribution in [-0.4, -0.2) is 126 Å². The number of nitrogens with one attached hydrogen (secondary N) is 4. The number of likely N-dealkylation sites (N-methyl/N-ethyl adjacent to an activating group) is 4. The first kappa shape index (κ1) is 75.2. The van der Waals surface area contributed by atoms with Gasteiger partial charge in [0, 0.05) is 79.4 Å². The van der Waals surface area contributed by atoms with Crippen molar-refractivity contribution in [2.24, 2.45) is 17.9 Å². The molecule has 3 aromatic rings. The minimum Gasteiger partial charge on any atom is -0.478 e. The standard InChI is InChI=1S/C24H37N3O4.C21H33N3O.C7H11NO3.C4H8.2C3H8/c1-16(22(30)31)14-15-27(8)21(29)19(23(2,3)4)26-20(28)18(25-7)24(5,6)17-12-10-9-11-13-17;1-14(20(2,3)4)23-19(25)18(22-7)21(5,6)16-13-24(8)17-12-10-9-11-15(16)17;1-6(7(10)11)3-4-8(2)5-9;1-3-4-2;2*1-3-2/h9-14,18-19,25H,15H2,1-8H3,(H,26,28)(H,30,31);9-14,18,22H,1-8H3,(H,23,25);3,5H,4H2,1-2H3,(H,10,11);3-4H,1-2H3;2*3H2,1-2H3/b16-14+;;6-3+;4-3-;;. The van der Waals surface area contributed by atoms with Crippen LogP contribution in [0.15, 0.2) is 96.2 Å². The van der Waals surface area contributed by atoms with Gasteiger partial charge in [0.2, 0.25) is 24.1 Å². The average Bonchev–Trinajstić information content (AvgIpc) is 3.71. The lowest BCUT2D eigenvalue weighted by Gasteiger charge is -2.38. The Labute approximate surface area is 465 Å². The van der Waals surface area contributed by atoms with E-state index in [4.69, 9.17) is 10.2 Å². The second-order valence-corrected chi connectivity index (χ2v) is 22.6. The summed E-state index contributed by atoms with van der Waals surface area (Å²) in [5.74, 6) is -2.48. The summed E-state index contributed by atoms with van der Waals surface area (Å²) in [5.41, 5.74) is 2.41. The Morgan fingerprint density at radius 3 is 1.45 bits per heavy atom. The maximum atomic E-state index is 13.3. The highest BCUT2D eigenvalue weighted by atomic mass is 16.4. The highest BCUT2D eigenvalue weighted by Crippen LogP contribution is 2.35. The van der Waals surface area contributed by atoms with E-state index in [1.165, 1.54) is 65.1 Å². The van der Waals surface area contributed by atoms with E-state index in [0.717, 1.165) is 5.56 Å². The van der Waals surface area contributed by atoms with Crippen LogP contribution in [0.4, 0.5) is 0 Å². The molecule has 0 fully saturated rings. The number of allylic oxidation sites excluding steroid dienone is 2. The van der Waals surface area contributed by atoms with E-state index in [0.29, 0.717) is 13.0 Å². The molecule has 0 aliphatic heterocycles. The van der Waals surface area contributed by atoms with Gasteiger partial charge >= 0.3 is 11.9 Å². The molecule has 0 radical (unpaired) electrons. The summed E-state index contributed by atoms with van der Waals surface area (Å²) in [5, 5.41) is 31.1. The number of hydrogen-bond acceptors (Lipinski definition) is 8. The number of hydrogen-bond donors (Lipinski definition) is 6. The molecule has 1 aromatic heterocycles. The molecule has 0 aliphatic rings. The van der Waals surface area contributed by atoms with Crippen LogP contribution in [0, 0.1) is 10.8 Å². The fourth-order valence-electron chi connectivity index (χ4n) is 7.15. The molecule has 3 rings (SSSR count). The van der Waals surface area contributed by atoms with Gasteiger partial charge in [0.05, 0.1) is 12.1 Å². The van der Waals surface area contributed by atoms with Gasteiger partial charge in [-0.25, -0.2) is 9.59 Å². The van der Waals surface area contributed by atoms with Gasteiger partial charge in [0.25, 0.3) is 0 Å². The molecular weight excluding hydrogens is 971 g/mol. The van der Waals surface area contributed by atoms with Crippen molar-refractivity contribution in [3.05, 3.63) is 107 Å². The molecule has 0 spiro atoms. The van der Waals surface area contributed by atoms with E-state index in [1.54, 1.807) is 21.1 Å². The summed E-state index contributed by atoms with van der Waals surface area (Å²) in [6.45, 7) is 38.3. The molecule has 0 bridgehead atoms. The van der Waals surface area contributed by atoms with Crippen molar-refractivity contribution in [3.63, 3.8) is 0 Å². The number of carbonyl (C=O) groups excluding carboxylic acids is 4. The molecule has 0 saturated heterocycles. The SMILES string of the molecule is C/C(=C\CN(C)C=O)C(=O)O.C/C=C\C.CCC.CCC.CNC(C(=O)NC(C(=O)N(C)C/C=C(\C)C(=O)O)C(C)(C)C)C(C)(C)c1ccccc1.CNC(C(=O)NC(C)C(C)(C)C)C(C)(C)c1cn(C)c2ccccc12. The second kappa shape index (κ2) is 36.9. The van der Waals surface area contributed by atoms with Crippen LogP contribution >= 0.6 is 0 Å². The number of para-hydroxylation sites is 1. The third kappa shape index (κ3) is 26.7. The number of fused-ring (bicyclic) bond motifs is 1. The van der Waals surface area contributed by atoms with Gasteiger partial charge in [-0.3, -0.25) is 19.2 Å². The fourth-order valence-corrected chi connectivity index (χ4v) is 7.15. The van der Waals surface area contributed by atoms with Crippen LogP contribution in [0.5, 0.6) is 0 Å². The Bertz CT molecular complexity index is 2310. The topological polar surface area (TPSA) is 202 Å². The zero-order valence-electron chi connectivity index (χ0n) is 52.0. The van der Waals surface area contributed by atoms with Gasteiger partial charge in [-0.15, -0.1) is 0 Å². The summed E-state index contributed by atoms with van der Waals surface area (Å²) >= 11 is 0. The van der Waals surface area contributed by atoms with Gasteiger partial charge < -0.3 is 45.8 Å². The van der Waals surface area contributed by atoms with E-state index in [2.05, 4.69) is 127 Å². The molecule has 4 unspecified atom stereocenters. The first-order chi connectivity index (χ1) is 35.5. The molecule has 1 heterocycles. The summed E-state index contributed by atoms with van der Waals surface area (Å²) in [4.78, 5) is 73.5. The van der Waals surface area contributed by atoms with Crippen molar-refractivity contribution in [1.82, 2.24) is 35.6 Å². The number of carbonyl (C=O) groups is 6. The number of carboxylic acids is 2. The van der Waals surface area contributed by atoms with E-state index in [9.17, 15) is 28.8 Å². The monoisotopic (exact) mass is 1080 g/mol. The number of aliphatic carboxylic acids is 2. The van der Waals surface area contributed by atoms with Crippen LogP contribution in [0.25, 0.3) is 10.9 Å². The summed E-state index contributed by atoms with van der Waals surface area (Å²) in [6.07, 6.45) is 12.3. The predicted octanol–water partition coefficient (Wildman–Crippen LogP) is 10.7. The quantitative estimate of drug-likeness (QED) is 0.0404. The lowest BCUT2D eigenvalue weighted by Crippen LogP contribution is -2.60. The van der Waals surface area contributed by atoms with Crippen LogP contribution < -0.4 is 21.3 Å². The first-order valence-corrected chi connectivity index (χ1v) is 26.9. The lowest BCUT2D eigenvalue weighted by molar-refractivity contribution is -0.139. The van der Waals surface area contributed by atoms with Crippen molar-refractivity contribution >= 4 is 47.0 Å². The molecule has 2 aromatic carbocycles. The van der Waals surface area contributed by atoms with Gasteiger partial charge in [0.15, 0.2) is 0 Å². The average molecular weight is 1080 g/mol. The minimum absolute atomic E-state index is 0.0253. The Morgan fingerprint density at radius 1 is 0.636 bits per heavy atom. The second-order valence-electron chi connectivity index (χ2n) is 22.6. The summed E-state index contributed by atoms with van der Waals surface area (Å²) in [7, 11) is 8.83. The third-order valence-corrected chi connectivity index (χ3v) is 12.6. The molecule has 4 atom stereocenters. The van der Waals surface area contributed by atoms with Crippen LogP contribution in [0.3, 0.4) is 0 Å². The highest BCUT2D eigenvalue weighted by Gasteiger charge is 2.41. The van der Waals surface area contributed by atoms with Crippen molar-refractivity contribution in [2.45, 2.75) is 179 Å². The van der Waals surface area contributed by atoms with Crippen molar-refractivity contribution < 1.29 is 39.0 Å². The fraction of sp³-hybridized carbons (Fsp3) is 0.581. The predicted molar refractivity (Wildman–Crippen MR) is 321 cm³/mol. The molecule has 0 aliphatic carbocycles. The molecule has 0 saturated carbocycles. The minimum atomic E-state index is -1.03. The largest absolute Gasteiger partial charge is 0.478 e. The summed E-state index contributed by atoms with van der Waals surface area (Å²) in [6, 6.07) is 16.6. The third-order valence-electron chi connectivity index (χ3n) is 12.6. The van der Waals surface area contributed by atoms with Crippen molar-refractivity contribution in [3.8, 4) is 0 Å². The number of nitrogens with zero attached hydrogens (tertiary/aromatic N) is 3. The van der Waals surface area contributed by atoms with E-state index >= 15 is 0 Å². The molecule has 15 heteroatoms. The Balaban J connectivity index is -0.00000105. The smallest absolute Gasteiger partial charge is 0.331 e. The molecule has 6 N–H and O–H groups in total. The van der Waals surface area contributed by atoms with Crippen LogP contribution in [0.2, 0.25) is 0 Å². The van der Waals surface area contributed by atoms with E-state index < -0.39 is 34.9 Å². The number of aryl methyl sites for hydroxylation is 1. The number of carboxylic acid groups (broad SMARTS) is 2. The van der Waals surface area contributed by atoms with E-state index in [-0.39, 0.29) is 58.3 Å². The number of benzene rings is 2. The van der Waals surface area contributed by atoms with Crippen molar-refractivity contribution in [2.75, 3.05) is 41.3 Å². The number of amides is 4. The summed E-state index contributed by atoms with van der Waals surface area (Å²) < 4.78 is 2.13. The first-order valence-electron chi connectivity index (χ1n) is 26.9. The van der Waals surface area contributed by atoms with Gasteiger partial charge in [-0.1, -0.05) is 183 Å². The van der Waals surface area contributed by atoms with Gasteiger partial charge in [-0.2, -0.15) is 0 Å². The zero-order chi connectivity index (χ0) is 60.7. The van der Waals surface area contributed by atoms with Gasteiger partial charge in [-0.05, 0) is 76.7 Å². The molecule has 4 amide bonds. The van der Waals surface area contributed by atoms with Crippen molar-refractivity contribution in [1.29, 1.82) is 0 Å². The Hall–Kier alpha value is -6.06. The van der Waals surface area contributed by atoms with Crippen LogP contribution in [0.1, 0.15) is 156 Å². The molecule has 436 valence electrons. The van der Waals surface area contributed by atoms with E-state index in [1.807, 2.05) is 104 Å². The zero-order valence-corrected chi connectivity index (χ0v) is 52.0. The van der Waals surface area contributed by atoms with Gasteiger partial charge in [0.1, 0.15) is 6.04 Å². The highest BCUT2D eigenvalue weighted by molar-refractivity contribution is 5.92.